The highest BCUT2D eigenvalue weighted by atomic mass is 32.5. The fraction of sp³-hybridized carbons (Fsp3) is 0.292. The Labute approximate surface area is 203 Å². The molecule has 0 amide bonds. The molecule has 10 heteroatoms. The number of hydrogen-bond donors (Lipinski definition) is 1. The third kappa shape index (κ3) is 7.00. The van der Waals surface area contributed by atoms with E-state index in [9.17, 15) is 14.9 Å². The number of esters is 1. The van der Waals surface area contributed by atoms with Gasteiger partial charge in [0.05, 0.1) is 11.5 Å². The van der Waals surface area contributed by atoms with E-state index in [2.05, 4.69) is 5.09 Å². The van der Waals surface area contributed by atoms with E-state index in [1.807, 2.05) is 57.2 Å². The van der Waals surface area contributed by atoms with Gasteiger partial charge in [0.1, 0.15) is 17.5 Å². The summed E-state index contributed by atoms with van der Waals surface area (Å²) in [5.74, 6) is 0.279. The van der Waals surface area contributed by atoms with Gasteiger partial charge in [-0.1, -0.05) is 57.2 Å². The molecule has 0 aromatic heterocycles. The molecular weight excluding hydrogens is 475 g/mol. The standard InChI is InChI=1S/C24H27N2O6PS/c1-17(23(27)30-16-24(2,3)4)25-33(34,31-20-14-12-19(13-15-20)26(28)29)32-22-11-7-9-18-8-5-6-10-21(18)22/h5-15,17H,16H2,1-4H3,(H,25,34)/t17-,33?/m0/s1. The average Bonchev–Trinajstić information content (AvgIpc) is 2.77. The van der Waals surface area contributed by atoms with Crippen LogP contribution in [0.25, 0.3) is 10.8 Å². The van der Waals surface area contributed by atoms with Crippen molar-refractivity contribution in [1.29, 1.82) is 0 Å². The van der Waals surface area contributed by atoms with Crippen LogP contribution in [0.1, 0.15) is 27.7 Å². The van der Waals surface area contributed by atoms with Gasteiger partial charge in [-0.15, -0.1) is 0 Å². The third-order valence-electron chi connectivity index (χ3n) is 4.59. The van der Waals surface area contributed by atoms with Crippen molar-refractivity contribution in [2.45, 2.75) is 33.7 Å². The summed E-state index contributed by atoms with van der Waals surface area (Å²) in [6, 6.07) is 17.9. The van der Waals surface area contributed by atoms with Gasteiger partial charge in [0.15, 0.2) is 0 Å². The van der Waals surface area contributed by atoms with E-state index in [4.69, 9.17) is 25.6 Å². The van der Waals surface area contributed by atoms with Crippen molar-refractivity contribution in [2.75, 3.05) is 6.61 Å². The summed E-state index contributed by atoms with van der Waals surface area (Å²) in [7, 11) is 0. The van der Waals surface area contributed by atoms with Gasteiger partial charge in [-0.3, -0.25) is 14.9 Å². The van der Waals surface area contributed by atoms with Crippen molar-refractivity contribution in [1.82, 2.24) is 5.09 Å². The van der Waals surface area contributed by atoms with Crippen molar-refractivity contribution in [3.05, 3.63) is 76.8 Å². The zero-order valence-electron chi connectivity index (χ0n) is 19.4. The molecular formula is C24H27N2O6PS. The lowest BCUT2D eigenvalue weighted by Crippen LogP contribution is -2.37. The van der Waals surface area contributed by atoms with Gasteiger partial charge in [-0.05, 0) is 35.9 Å². The molecule has 0 spiro atoms. The zero-order valence-corrected chi connectivity index (χ0v) is 21.1. The lowest BCUT2D eigenvalue weighted by atomic mass is 9.99. The molecule has 0 aliphatic carbocycles. The maximum absolute atomic E-state index is 12.6. The summed E-state index contributed by atoms with van der Waals surface area (Å²) in [6.07, 6.45) is 0. The van der Waals surface area contributed by atoms with E-state index >= 15 is 0 Å². The Morgan fingerprint density at radius 3 is 2.35 bits per heavy atom. The van der Waals surface area contributed by atoms with Crippen LogP contribution in [0.2, 0.25) is 0 Å². The van der Waals surface area contributed by atoms with Gasteiger partial charge in [-0.25, -0.2) is 5.09 Å². The highest BCUT2D eigenvalue weighted by molar-refractivity contribution is 8.09. The Balaban J connectivity index is 1.89. The summed E-state index contributed by atoms with van der Waals surface area (Å²) in [6.45, 7) is 4.39. The number of non-ortho nitro benzene ring substituents is 1. The first-order valence-corrected chi connectivity index (χ1v) is 13.3. The van der Waals surface area contributed by atoms with Crippen LogP contribution < -0.4 is 14.1 Å². The predicted octanol–water partition coefficient (Wildman–Crippen LogP) is 6.00. The summed E-state index contributed by atoms with van der Waals surface area (Å²) >= 11 is 5.78. The van der Waals surface area contributed by atoms with Crippen molar-refractivity contribution < 1.29 is 23.5 Å². The first-order chi connectivity index (χ1) is 16.0. The fourth-order valence-electron chi connectivity index (χ4n) is 2.95. The molecule has 3 rings (SSSR count). The molecule has 8 nitrogen and oxygen atoms in total. The summed E-state index contributed by atoms with van der Waals surface area (Å²) < 4.78 is 17.6. The molecule has 2 atom stereocenters. The summed E-state index contributed by atoms with van der Waals surface area (Å²) in [4.78, 5) is 23.1. The third-order valence-corrected chi connectivity index (χ3v) is 6.95. The largest absolute Gasteiger partial charge is 0.464 e. The minimum absolute atomic E-state index is 0.0808. The van der Waals surface area contributed by atoms with Crippen molar-refractivity contribution in [2.24, 2.45) is 5.41 Å². The number of ether oxygens (including phenoxy) is 1. The minimum Gasteiger partial charge on any atom is -0.464 e. The number of carbonyl (C=O) groups is 1. The molecule has 180 valence electrons. The monoisotopic (exact) mass is 502 g/mol. The van der Waals surface area contributed by atoms with Crippen LogP contribution in [-0.2, 0) is 21.3 Å². The Morgan fingerprint density at radius 2 is 1.71 bits per heavy atom. The fourth-order valence-corrected chi connectivity index (χ4v) is 5.46. The molecule has 0 fully saturated rings. The second-order valence-corrected chi connectivity index (χ2v) is 12.0. The molecule has 0 bridgehead atoms. The van der Waals surface area contributed by atoms with Crippen molar-refractivity contribution >= 4 is 40.9 Å². The quantitative estimate of drug-likeness (QED) is 0.165. The molecule has 3 aromatic carbocycles. The number of benzene rings is 3. The molecule has 1 unspecified atom stereocenters. The average molecular weight is 503 g/mol. The van der Waals surface area contributed by atoms with E-state index in [-0.39, 0.29) is 23.5 Å². The molecule has 0 saturated heterocycles. The van der Waals surface area contributed by atoms with Crippen molar-refractivity contribution in [3.63, 3.8) is 0 Å². The molecule has 0 saturated carbocycles. The predicted molar refractivity (Wildman–Crippen MR) is 136 cm³/mol. The Kier molecular flexibility index (Phi) is 7.92. The molecule has 34 heavy (non-hydrogen) atoms. The highest BCUT2D eigenvalue weighted by Gasteiger charge is 2.30. The molecule has 0 aliphatic rings. The van der Waals surface area contributed by atoms with E-state index in [1.54, 1.807) is 13.0 Å². The van der Waals surface area contributed by atoms with Crippen molar-refractivity contribution in [3.8, 4) is 11.5 Å². The number of hydrogen-bond acceptors (Lipinski definition) is 7. The zero-order chi connectivity index (χ0) is 24.9. The van der Waals surface area contributed by atoms with Gasteiger partial charge >= 0.3 is 12.6 Å². The number of nitro groups is 1. The first-order valence-electron chi connectivity index (χ1n) is 10.6. The van der Waals surface area contributed by atoms with Gasteiger partial charge < -0.3 is 13.8 Å². The van der Waals surface area contributed by atoms with E-state index in [1.165, 1.54) is 24.3 Å². The normalized spacial score (nSPS) is 14.1. The second-order valence-electron chi connectivity index (χ2n) is 8.93. The van der Waals surface area contributed by atoms with Gasteiger partial charge in [0.2, 0.25) is 0 Å². The first kappa shape index (κ1) is 25.6. The van der Waals surface area contributed by atoms with E-state index in [0.29, 0.717) is 5.75 Å². The van der Waals surface area contributed by atoms with Crippen LogP contribution >= 0.6 is 6.64 Å². The van der Waals surface area contributed by atoms with Gasteiger partial charge in [0, 0.05) is 29.3 Å². The second kappa shape index (κ2) is 10.5. The van der Waals surface area contributed by atoms with Crippen LogP contribution in [0, 0.1) is 15.5 Å². The van der Waals surface area contributed by atoms with Crippen LogP contribution in [0.15, 0.2) is 66.7 Å². The van der Waals surface area contributed by atoms with E-state index < -0.39 is 23.6 Å². The number of carbonyl (C=O) groups excluding carboxylic acids is 1. The maximum Gasteiger partial charge on any atom is 0.366 e. The van der Waals surface area contributed by atoms with Crippen LogP contribution in [0.3, 0.4) is 0 Å². The highest BCUT2D eigenvalue weighted by Crippen LogP contribution is 2.47. The number of rotatable bonds is 9. The Hall–Kier alpha value is -3.00. The maximum atomic E-state index is 12.6. The minimum atomic E-state index is -3.37. The summed E-state index contributed by atoms with van der Waals surface area (Å²) in [5.41, 5.74) is -0.271. The number of nitrogens with zero attached hydrogens (tertiary/aromatic N) is 1. The summed E-state index contributed by atoms with van der Waals surface area (Å²) in [5, 5.41) is 15.8. The van der Waals surface area contributed by atoms with Crippen LogP contribution in [-0.4, -0.2) is 23.5 Å². The van der Waals surface area contributed by atoms with Crippen LogP contribution in [0.5, 0.6) is 11.5 Å². The number of fused-ring (bicyclic) bond motifs is 1. The molecule has 0 heterocycles. The molecule has 0 radical (unpaired) electrons. The Morgan fingerprint density at radius 1 is 1.06 bits per heavy atom. The Bertz CT molecular complexity index is 1220. The van der Waals surface area contributed by atoms with Gasteiger partial charge in [0.25, 0.3) is 5.69 Å². The lowest BCUT2D eigenvalue weighted by molar-refractivity contribution is -0.384. The smallest absolute Gasteiger partial charge is 0.366 e. The lowest BCUT2D eigenvalue weighted by Gasteiger charge is -2.27. The SMILES string of the molecule is C[C@H](NP(=S)(Oc1ccc([N+](=O)[O-])cc1)Oc1cccc2ccccc12)C(=O)OCC(C)(C)C. The molecule has 0 aliphatic heterocycles. The topological polar surface area (TPSA) is 99.9 Å². The van der Waals surface area contributed by atoms with Gasteiger partial charge in [-0.2, -0.15) is 0 Å². The number of nitro benzene ring substituents is 1. The number of nitrogens with one attached hydrogen (secondary N) is 1. The molecule has 1 N–H and O–H groups in total. The van der Waals surface area contributed by atoms with E-state index in [0.717, 1.165) is 10.8 Å². The van der Waals surface area contributed by atoms with Crippen LogP contribution in [0.4, 0.5) is 5.69 Å². The molecule has 3 aromatic rings.